The molecule has 0 saturated heterocycles. The lowest BCUT2D eigenvalue weighted by Crippen LogP contribution is -1.83. The van der Waals surface area contributed by atoms with E-state index in [-0.39, 0.29) is 0 Å². The Bertz CT molecular complexity index is 201. The van der Waals surface area contributed by atoms with Gasteiger partial charge in [-0.3, -0.25) is 0 Å². The fourth-order valence-corrected chi connectivity index (χ4v) is 1.39. The third-order valence-electron chi connectivity index (χ3n) is 1.73. The number of benzene rings is 1. The van der Waals surface area contributed by atoms with E-state index >= 15 is 0 Å². The molecule has 60 valence electrons. The molecule has 0 aromatic heterocycles. The number of hydrogen-bond donors (Lipinski definition) is 0. The highest BCUT2D eigenvalue weighted by Gasteiger charge is 1.90. The molecule has 1 aromatic rings. The first kappa shape index (κ1) is 9.04. The topological polar surface area (TPSA) is 0 Å². The van der Waals surface area contributed by atoms with Crippen LogP contribution in [0.3, 0.4) is 0 Å². The highest BCUT2D eigenvalue weighted by Crippen LogP contribution is 2.08. The van der Waals surface area contributed by atoms with Gasteiger partial charge < -0.3 is 0 Å². The Labute approximate surface area is 82.2 Å². The number of unbranched alkanes of at least 4 members (excludes halogenated alkanes) is 1. The van der Waals surface area contributed by atoms with Gasteiger partial charge in [-0.05, 0) is 53.1 Å². The average Bonchev–Trinajstić information content (AvgIpc) is 2.04. The van der Waals surface area contributed by atoms with Crippen molar-refractivity contribution in [2.24, 2.45) is 0 Å². The van der Waals surface area contributed by atoms with Gasteiger partial charge >= 0.3 is 0 Å². The molecule has 0 aliphatic rings. The van der Waals surface area contributed by atoms with Crippen LogP contribution in [0.1, 0.15) is 25.3 Å². The summed E-state index contributed by atoms with van der Waals surface area (Å²) < 4.78 is 1.32. The van der Waals surface area contributed by atoms with Crippen LogP contribution in [0.15, 0.2) is 24.3 Å². The quantitative estimate of drug-likeness (QED) is 0.728. The molecule has 1 aromatic carbocycles. The van der Waals surface area contributed by atoms with Crippen LogP contribution in [0.5, 0.6) is 0 Å². The molecule has 1 rings (SSSR count). The van der Waals surface area contributed by atoms with E-state index in [1.54, 1.807) is 0 Å². The van der Waals surface area contributed by atoms with Crippen molar-refractivity contribution in [1.82, 2.24) is 0 Å². The molecule has 0 saturated carbocycles. The van der Waals surface area contributed by atoms with Crippen LogP contribution in [0.4, 0.5) is 0 Å². The van der Waals surface area contributed by atoms with E-state index < -0.39 is 0 Å². The minimum atomic E-state index is 1.23. The van der Waals surface area contributed by atoms with Gasteiger partial charge in [0.2, 0.25) is 0 Å². The molecule has 0 aliphatic carbocycles. The minimum Gasteiger partial charge on any atom is -0.0654 e. The molecule has 0 radical (unpaired) electrons. The van der Waals surface area contributed by atoms with Crippen molar-refractivity contribution in [3.63, 3.8) is 0 Å². The second-order valence-corrected chi connectivity index (χ2v) is 3.98. The predicted molar refractivity (Wildman–Crippen MR) is 57.8 cm³/mol. The van der Waals surface area contributed by atoms with Gasteiger partial charge in [0.25, 0.3) is 0 Å². The molecule has 0 fully saturated rings. The molecule has 11 heavy (non-hydrogen) atoms. The Morgan fingerprint density at radius 3 is 2.36 bits per heavy atom. The largest absolute Gasteiger partial charge is 0.0654 e. The minimum absolute atomic E-state index is 1.23. The van der Waals surface area contributed by atoms with E-state index in [0.717, 1.165) is 0 Å². The van der Waals surface area contributed by atoms with E-state index in [4.69, 9.17) is 0 Å². The van der Waals surface area contributed by atoms with Crippen LogP contribution in [0.2, 0.25) is 0 Å². The molecule has 0 spiro atoms. The summed E-state index contributed by atoms with van der Waals surface area (Å²) in [5, 5.41) is 0. The van der Waals surface area contributed by atoms with Crippen molar-refractivity contribution in [2.75, 3.05) is 0 Å². The van der Waals surface area contributed by atoms with Crippen LogP contribution in [-0.4, -0.2) is 0 Å². The van der Waals surface area contributed by atoms with Crippen molar-refractivity contribution in [1.29, 1.82) is 0 Å². The first-order valence-electron chi connectivity index (χ1n) is 4.07. The summed E-state index contributed by atoms with van der Waals surface area (Å²) in [7, 11) is 0. The molecule has 0 nitrogen and oxygen atoms in total. The van der Waals surface area contributed by atoms with Crippen molar-refractivity contribution in [2.45, 2.75) is 26.2 Å². The summed E-state index contributed by atoms with van der Waals surface area (Å²) in [5.41, 5.74) is 1.47. The Kier molecular flexibility index (Phi) is 3.91. The number of rotatable bonds is 3. The molecule has 0 N–H and O–H groups in total. The maximum Gasteiger partial charge on any atom is 0.0130 e. The van der Waals surface area contributed by atoms with E-state index in [2.05, 4.69) is 53.8 Å². The Balaban J connectivity index is 2.52. The highest BCUT2D eigenvalue weighted by atomic mass is 127. The lowest BCUT2D eigenvalue weighted by atomic mass is 10.1. The lowest BCUT2D eigenvalue weighted by molar-refractivity contribution is 0.795. The van der Waals surface area contributed by atoms with E-state index in [1.807, 2.05) is 0 Å². The SMILES string of the molecule is CCCCc1ccc(I)cc1. The number of hydrogen-bond acceptors (Lipinski definition) is 0. The van der Waals surface area contributed by atoms with Crippen LogP contribution < -0.4 is 0 Å². The standard InChI is InChI=1S/C10H13I/c1-2-3-4-9-5-7-10(11)8-6-9/h5-8H,2-4H2,1H3. The van der Waals surface area contributed by atoms with Crippen LogP contribution in [-0.2, 0) is 6.42 Å². The zero-order valence-corrected chi connectivity index (χ0v) is 8.97. The summed E-state index contributed by atoms with van der Waals surface area (Å²) in [6.45, 7) is 2.23. The molecule has 0 aliphatic heterocycles. The molecule has 0 atom stereocenters. The maximum absolute atomic E-state index is 2.33. The summed E-state index contributed by atoms with van der Waals surface area (Å²) in [6, 6.07) is 8.78. The van der Waals surface area contributed by atoms with Gasteiger partial charge in [-0.2, -0.15) is 0 Å². The van der Waals surface area contributed by atoms with E-state index in [9.17, 15) is 0 Å². The van der Waals surface area contributed by atoms with E-state index in [1.165, 1.54) is 28.4 Å². The summed E-state index contributed by atoms with van der Waals surface area (Å²) in [6.07, 6.45) is 3.82. The van der Waals surface area contributed by atoms with Gasteiger partial charge in [0, 0.05) is 3.57 Å². The summed E-state index contributed by atoms with van der Waals surface area (Å²) >= 11 is 2.33. The Hall–Kier alpha value is -0.0500. The van der Waals surface area contributed by atoms with Crippen molar-refractivity contribution in [3.05, 3.63) is 33.4 Å². The molecule has 0 heterocycles. The van der Waals surface area contributed by atoms with Gasteiger partial charge in [0.15, 0.2) is 0 Å². The Morgan fingerprint density at radius 1 is 1.18 bits per heavy atom. The first-order chi connectivity index (χ1) is 5.33. The molecule has 0 amide bonds. The summed E-state index contributed by atoms with van der Waals surface area (Å²) in [4.78, 5) is 0. The van der Waals surface area contributed by atoms with E-state index in [0.29, 0.717) is 0 Å². The van der Waals surface area contributed by atoms with Gasteiger partial charge in [-0.15, -0.1) is 0 Å². The average molecular weight is 260 g/mol. The van der Waals surface area contributed by atoms with Gasteiger partial charge in [-0.25, -0.2) is 0 Å². The molecule has 1 heteroatoms. The molecular weight excluding hydrogens is 247 g/mol. The number of halogens is 1. The highest BCUT2D eigenvalue weighted by molar-refractivity contribution is 14.1. The summed E-state index contributed by atoms with van der Waals surface area (Å²) in [5.74, 6) is 0. The fourth-order valence-electron chi connectivity index (χ4n) is 1.03. The van der Waals surface area contributed by atoms with Crippen LogP contribution >= 0.6 is 22.6 Å². The zero-order valence-electron chi connectivity index (χ0n) is 6.81. The Morgan fingerprint density at radius 2 is 1.82 bits per heavy atom. The lowest BCUT2D eigenvalue weighted by Gasteiger charge is -1.98. The van der Waals surface area contributed by atoms with Gasteiger partial charge in [-0.1, -0.05) is 25.5 Å². The predicted octanol–water partition coefficient (Wildman–Crippen LogP) is 3.63. The first-order valence-corrected chi connectivity index (χ1v) is 5.15. The zero-order chi connectivity index (χ0) is 8.10. The third-order valence-corrected chi connectivity index (χ3v) is 2.45. The smallest absolute Gasteiger partial charge is 0.0130 e. The maximum atomic E-state index is 2.33. The van der Waals surface area contributed by atoms with Gasteiger partial charge in [0.1, 0.15) is 0 Å². The van der Waals surface area contributed by atoms with Crippen LogP contribution in [0, 0.1) is 3.57 Å². The molecule has 0 bridgehead atoms. The second kappa shape index (κ2) is 4.75. The van der Waals surface area contributed by atoms with Crippen molar-refractivity contribution in [3.8, 4) is 0 Å². The third kappa shape index (κ3) is 3.23. The fraction of sp³-hybridized carbons (Fsp3) is 0.400. The normalized spacial score (nSPS) is 10.0. The van der Waals surface area contributed by atoms with Gasteiger partial charge in [0.05, 0.1) is 0 Å². The molecule has 0 unspecified atom stereocenters. The van der Waals surface area contributed by atoms with Crippen LogP contribution in [0.25, 0.3) is 0 Å². The monoisotopic (exact) mass is 260 g/mol. The van der Waals surface area contributed by atoms with Crippen molar-refractivity contribution < 1.29 is 0 Å². The molecular formula is C10H13I. The number of aryl methyl sites for hydroxylation is 1. The second-order valence-electron chi connectivity index (χ2n) is 2.73. The van der Waals surface area contributed by atoms with Crippen molar-refractivity contribution >= 4 is 22.6 Å².